The second kappa shape index (κ2) is 6.48. The maximum Gasteiger partial charge on any atom is 0.243 e. The van der Waals surface area contributed by atoms with Gasteiger partial charge >= 0.3 is 0 Å². The molecule has 0 atom stereocenters. The van der Waals surface area contributed by atoms with Crippen molar-refractivity contribution in [3.05, 3.63) is 12.4 Å². The van der Waals surface area contributed by atoms with Crippen molar-refractivity contribution in [2.75, 3.05) is 25.5 Å². The van der Waals surface area contributed by atoms with E-state index in [4.69, 9.17) is 16.2 Å². The van der Waals surface area contributed by atoms with Gasteiger partial charge in [-0.2, -0.15) is 5.10 Å². The summed E-state index contributed by atoms with van der Waals surface area (Å²) < 4.78 is 6.29. The number of hydrogen-bond donors (Lipinski definition) is 3. The fourth-order valence-electron chi connectivity index (χ4n) is 1.10. The van der Waals surface area contributed by atoms with Gasteiger partial charge in [-0.3, -0.25) is 14.3 Å². The van der Waals surface area contributed by atoms with Crippen molar-refractivity contribution in [3.63, 3.8) is 0 Å². The minimum atomic E-state index is -0.539. The Labute approximate surface area is 97.9 Å². The number of nitrogens with two attached hydrogens (primary N) is 2. The smallest absolute Gasteiger partial charge is 0.243 e. The molecule has 17 heavy (non-hydrogen) atoms. The second-order valence-electron chi connectivity index (χ2n) is 3.34. The molecule has 0 saturated carbocycles. The van der Waals surface area contributed by atoms with Crippen molar-refractivity contribution in [2.45, 2.75) is 6.54 Å². The number of primary amides is 1. The molecule has 0 aliphatic carbocycles. The van der Waals surface area contributed by atoms with Gasteiger partial charge in [0.05, 0.1) is 18.5 Å². The van der Waals surface area contributed by atoms with Gasteiger partial charge in [0.2, 0.25) is 11.8 Å². The molecule has 8 nitrogen and oxygen atoms in total. The third kappa shape index (κ3) is 5.52. The molecule has 1 aromatic rings. The van der Waals surface area contributed by atoms with Crippen molar-refractivity contribution >= 4 is 17.5 Å². The van der Waals surface area contributed by atoms with Gasteiger partial charge < -0.3 is 21.5 Å². The Morgan fingerprint density at radius 2 is 2.29 bits per heavy atom. The minimum Gasteiger partial charge on any atom is -0.396 e. The summed E-state index contributed by atoms with van der Waals surface area (Å²) in [6.45, 7) is 0.484. The molecular formula is C9H15N5O3. The summed E-state index contributed by atoms with van der Waals surface area (Å²) in [5.74, 6) is -0.751. The molecule has 94 valence electrons. The van der Waals surface area contributed by atoms with Gasteiger partial charge in [-0.1, -0.05) is 0 Å². The first-order chi connectivity index (χ1) is 8.08. The van der Waals surface area contributed by atoms with E-state index in [0.717, 1.165) is 0 Å². The fourth-order valence-corrected chi connectivity index (χ4v) is 1.10. The van der Waals surface area contributed by atoms with Crippen LogP contribution in [0.2, 0.25) is 0 Å². The molecule has 0 aliphatic rings. The number of rotatable bonds is 7. The van der Waals surface area contributed by atoms with Crippen LogP contribution < -0.4 is 16.8 Å². The van der Waals surface area contributed by atoms with E-state index < -0.39 is 5.91 Å². The lowest BCUT2D eigenvalue weighted by Crippen LogP contribution is -2.31. The van der Waals surface area contributed by atoms with Crippen LogP contribution in [0.3, 0.4) is 0 Å². The normalized spacial score (nSPS) is 10.1. The number of nitrogen functional groups attached to an aromatic ring is 1. The average Bonchev–Trinajstić information content (AvgIpc) is 2.63. The highest BCUT2D eigenvalue weighted by atomic mass is 16.5. The first kappa shape index (κ1) is 13.0. The van der Waals surface area contributed by atoms with E-state index in [9.17, 15) is 9.59 Å². The monoisotopic (exact) mass is 241 g/mol. The quantitative estimate of drug-likeness (QED) is 0.480. The highest BCUT2D eigenvalue weighted by molar-refractivity contribution is 5.75. The van der Waals surface area contributed by atoms with E-state index in [-0.39, 0.29) is 25.7 Å². The summed E-state index contributed by atoms with van der Waals surface area (Å²) in [6.07, 6.45) is 3.02. The van der Waals surface area contributed by atoms with Gasteiger partial charge in [0.15, 0.2) is 0 Å². The Hall–Kier alpha value is -2.09. The van der Waals surface area contributed by atoms with Crippen LogP contribution in [0.1, 0.15) is 0 Å². The highest BCUT2D eigenvalue weighted by Gasteiger charge is 2.03. The van der Waals surface area contributed by atoms with Crippen LogP contribution in [0.25, 0.3) is 0 Å². The molecule has 0 spiro atoms. The Kier molecular flexibility index (Phi) is 4.95. The standard InChI is InChI=1S/C9H15N5O3/c10-7-3-13-14(4-7)5-9(16)12-1-2-17-6-8(11)15/h3-4H,1-2,5-6,10H2,(H2,11,15)(H,12,16). The molecule has 0 aromatic carbocycles. The lowest BCUT2D eigenvalue weighted by Gasteiger charge is -2.05. The molecule has 0 bridgehead atoms. The number of nitrogens with zero attached hydrogens (tertiary/aromatic N) is 2. The van der Waals surface area contributed by atoms with Gasteiger partial charge in [-0.05, 0) is 0 Å². The Morgan fingerprint density at radius 3 is 2.88 bits per heavy atom. The molecule has 0 saturated heterocycles. The van der Waals surface area contributed by atoms with E-state index in [0.29, 0.717) is 12.2 Å². The zero-order valence-electron chi connectivity index (χ0n) is 9.26. The minimum absolute atomic E-state index is 0.0903. The number of nitrogens with one attached hydrogen (secondary N) is 1. The van der Waals surface area contributed by atoms with Gasteiger partial charge in [0.1, 0.15) is 13.2 Å². The fraction of sp³-hybridized carbons (Fsp3) is 0.444. The van der Waals surface area contributed by atoms with Crippen molar-refractivity contribution in [1.29, 1.82) is 0 Å². The van der Waals surface area contributed by atoms with Crippen LogP contribution in [-0.4, -0.2) is 41.4 Å². The number of carbonyl (C=O) groups is 2. The van der Waals surface area contributed by atoms with Gasteiger partial charge in [-0.25, -0.2) is 0 Å². The van der Waals surface area contributed by atoms with Crippen LogP contribution in [-0.2, 0) is 20.9 Å². The first-order valence-electron chi connectivity index (χ1n) is 4.98. The number of anilines is 1. The van der Waals surface area contributed by atoms with Crippen molar-refractivity contribution in [3.8, 4) is 0 Å². The maximum atomic E-state index is 11.4. The SMILES string of the molecule is NC(=O)COCCNC(=O)Cn1cc(N)cn1. The molecule has 1 heterocycles. The third-order valence-electron chi connectivity index (χ3n) is 1.77. The predicted molar refractivity (Wildman–Crippen MR) is 59.7 cm³/mol. The van der Waals surface area contributed by atoms with Crippen molar-refractivity contribution in [1.82, 2.24) is 15.1 Å². The molecule has 0 unspecified atom stereocenters. The number of carbonyl (C=O) groups excluding carboxylic acids is 2. The first-order valence-corrected chi connectivity index (χ1v) is 4.98. The number of ether oxygens (including phenoxy) is 1. The van der Waals surface area contributed by atoms with Crippen LogP contribution in [0.5, 0.6) is 0 Å². The highest BCUT2D eigenvalue weighted by Crippen LogP contribution is 1.96. The summed E-state index contributed by atoms with van der Waals surface area (Å²) in [5, 5.41) is 6.46. The van der Waals surface area contributed by atoms with Gasteiger partial charge in [-0.15, -0.1) is 0 Å². The summed E-state index contributed by atoms with van der Waals surface area (Å²) in [6, 6.07) is 0. The van der Waals surface area contributed by atoms with Crippen LogP contribution in [0.15, 0.2) is 12.4 Å². The van der Waals surface area contributed by atoms with Crippen molar-refractivity contribution in [2.24, 2.45) is 5.73 Å². The largest absolute Gasteiger partial charge is 0.396 e. The molecular weight excluding hydrogens is 226 g/mol. The van der Waals surface area contributed by atoms with Gasteiger partial charge in [0.25, 0.3) is 0 Å². The average molecular weight is 241 g/mol. The van der Waals surface area contributed by atoms with Crippen LogP contribution in [0.4, 0.5) is 5.69 Å². The maximum absolute atomic E-state index is 11.4. The van der Waals surface area contributed by atoms with Crippen LogP contribution >= 0.6 is 0 Å². The van der Waals surface area contributed by atoms with E-state index in [2.05, 4.69) is 10.4 Å². The lowest BCUT2D eigenvalue weighted by atomic mass is 10.5. The summed E-state index contributed by atoms with van der Waals surface area (Å²) in [7, 11) is 0. The summed E-state index contributed by atoms with van der Waals surface area (Å²) in [4.78, 5) is 21.7. The Bertz CT molecular complexity index is 390. The summed E-state index contributed by atoms with van der Waals surface area (Å²) in [5.41, 5.74) is 10.8. The topological polar surface area (TPSA) is 125 Å². The van der Waals surface area contributed by atoms with Crippen LogP contribution in [0, 0.1) is 0 Å². The molecule has 0 radical (unpaired) electrons. The number of aromatic nitrogens is 2. The number of hydrogen-bond acceptors (Lipinski definition) is 5. The Morgan fingerprint density at radius 1 is 1.53 bits per heavy atom. The lowest BCUT2D eigenvalue weighted by molar-refractivity contribution is -0.122. The van der Waals surface area contributed by atoms with Gasteiger partial charge in [0, 0.05) is 12.7 Å². The molecule has 1 aromatic heterocycles. The zero-order chi connectivity index (χ0) is 12.7. The summed E-state index contributed by atoms with van der Waals surface area (Å²) >= 11 is 0. The Balaban J connectivity index is 2.11. The molecule has 0 aliphatic heterocycles. The molecule has 2 amide bonds. The molecule has 5 N–H and O–H groups in total. The van der Waals surface area contributed by atoms with E-state index in [1.807, 2.05) is 0 Å². The van der Waals surface area contributed by atoms with E-state index >= 15 is 0 Å². The molecule has 0 fully saturated rings. The van der Waals surface area contributed by atoms with Crippen molar-refractivity contribution < 1.29 is 14.3 Å². The second-order valence-corrected chi connectivity index (χ2v) is 3.34. The van der Waals surface area contributed by atoms with E-state index in [1.54, 1.807) is 6.20 Å². The molecule has 1 rings (SSSR count). The molecule has 8 heteroatoms. The third-order valence-corrected chi connectivity index (χ3v) is 1.77. The number of amides is 2. The van der Waals surface area contributed by atoms with E-state index in [1.165, 1.54) is 10.9 Å². The predicted octanol–water partition coefficient (Wildman–Crippen LogP) is -1.92. The zero-order valence-corrected chi connectivity index (χ0v) is 9.26.